The normalized spacial score (nSPS) is 16.3. The van der Waals surface area contributed by atoms with E-state index in [9.17, 15) is 4.79 Å². The van der Waals surface area contributed by atoms with Crippen LogP contribution in [-0.2, 0) is 11.2 Å². The summed E-state index contributed by atoms with van der Waals surface area (Å²) in [6.07, 6.45) is 0.898. The minimum Gasteiger partial charge on any atom is -0.379 e. The van der Waals surface area contributed by atoms with Gasteiger partial charge in [0.2, 0.25) is 0 Å². The van der Waals surface area contributed by atoms with E-state index in [-0.39, 0.29) is 11.9 Å². The van der Waals surface area contributed by atoms with Crippen molar-refractivity contribution < 1.29 is 9.53 Å². The summed E-state index contributed by atoms with van der Waals surface area (Å²) in [5.41, 5.74) is 1.84. The van der Waals surface area contributed by atoms with Crippen molar-refractivity contribution in [1.29, 1.82) is 0 Å². The fourth-order valence-electron chi connectivity index (χ4n) is 3.44. The molecule has 1 unspecified atom stereocenters. The van der Waals surface area contributed by atoms with E-state index in [1.54, 1.807) is 0 Å². The van der Waals surface area contributed by atoms with Gasteiger partial charge in [-0.25, -0.2) is 4.98 Å². The molecule has 152 valence electrons. The second-order valence-corrected chi connectivity index (χ2v) is 9.01. The highest BCUT2D eigenvalue weighted by atomic mass is 35.5. The first-order valence-electron chi connectivity index (χ1n) is 9.76. The summed E-state index contributed by atoms with van der Waals surface area (Å²) < 4.78 is 5.49. The molecule has 1 fully saturated rings. The molecule has 1 saturated heterocycles. The van der Waals surface area contributed by atoms with E-state index in [0.29, 0.717) is 30.6 Å². The first-order chi connectivity index (χ1) is 13.5. The fourth-order valence-corrected chi connectivity index (χ4v) is 4.89. The van der Waals surface area contributed by atoms with Gasteiger partial charge in [-0.15, -0.1) is 11.3 Å². The maximum atomic E-state index is 12.9. The second kappa shape index (κ2) is 9.83. The highest BCUT2D eigenvalue weighted by Crippen LogP contribution is 2.28. The first-order valence-corrected chi connectivity index (χ1v) is 11.0. The van der Waals surface area contributed by atoms with Gasteiger partial charge in [0.25, 0.3) is 5.91 Å². The zero-order valence-corrected chi connectivity index (χ0v) is 18.3. The van der Waals surface area contributed by atoms with E-state index in [0.717, 1.165) is 40.8 Å². The molecule has 28 heavy (non-hydrogen) atoms. The third-order valence-corrected chi connectivity index (χ3v) is 6.36. The number of ether oxygens (including phenoxy) is 1. The monoisotopic (exact) mass is 421 g/mol. The van der Waals surface area contributed by atoms with Crippen molar-refractivity contribution in [3.05, 3.63) is 50.4 Å². The summed E-state index contributed by atoms with van der Waals surface area (Å²) in [7, 11) is 0. The van der Waals surface area contributed by atoms with Gasteiger partial charge in [-0.3, -0.25) is 9.69 Å². The number of morpholine rings is 1. The van der Waals surface area contributed by atoms with Crippen molar-refractivity contribution >= 4 is 28.8 Å². The molecule has 1 aromatic heterocycles. The molecule has 0 spiro atoms. The van der Waals surface area contributed by atoms with Crippen molar-refractivity contribution in [2.24, 2.45) is 5.92 Å². The predicted molar refractivity (Wildman–Crippen MR) is 114 cm³/mol. The number of rotatable bonds is 7. The Hall–Kier alpha value is -1.47. The summed E-state index contributed by atoms with van der Waals surface area (Å²) in [6, 6.07) is 7.87. The lowest BCUT2D eigenvalue weighted by Gasteiger charge is -2.35. The van der Waals surface area contributed by atoms with E-state index in [1.807, 2.05) is 31.2 Å². The van der Waals surface area contributed by atoms with Gasteiger partial charge in [-0.1, -0.05) is 43.6 Å². The quantitative estimate of drug-likeness (QED) is 0.731. The molecule has 0 bridgehead atoms. The zero-order chi connectivity index (χ0) is 20.1. The number of nitrogens with zero attached hydrogens (tertiary/aromatic N) is 2. The van der Waals surface area contributed by atoms with Gasteiger partial charge < -0.3 is 10.1 Å². The molecule has 1 aliphatic rings. The van der Waals surface area contributed by atoms with Crippen LogP contribution in [0.25, 0.3) is 0 Å². The molecule has 5 nitrogen and oxygen atoms in total. The third-order valence-electron chi connectivity index (χ3n) is 4.84. The molecule has 0 radical (unpaired) electrons. The number of carbonyl (C=O) groups excluding carboxylic acids is 1. The molecule has 1 N–H and O–H groups in total. The zero-order valence-electron chi connectivity index (χ0n) is 16.7. The smallest absolute Gasteiger partial charge is 0.263 e. The lowest BCUT2D eigenvalue weighted by Crippen LogP contribution is -2.43. The lowest BCUT2D eigenvalue weighted by molar-refractivity contribution is 0.0162. The molecule has 2 heterocycles. The molecular formula is C21H28ClN3O2S. The average molecular weight is 422 g/mol. The highest BCUT2D eigenvalue weighted by Gasteiger charge is 2.25. The molecule has 3 rings (SSSR count). The largest absolute Gasteiger partial charge is 0.379 e. The number of benzene rings is 1. The SMILES string of the molecule is Cc1nc(CC(C)C)sc1C(=O)NCC(c1ccccc1Cl)N1CCOCC1. The summed E-state index contributed by atoms with van der Waals surface area (Å²) in [6.45, 7) is 9.76. The van der Waals surface area contributed by atoms with Crippen molar-refractivity contribution in [3.8, 4) is 0 Å². The van der Waals surface area contributed by atoms with Gasteiger partial charge in [-0.05, 0) is 24.5 Å². The number of thiazole rings is 1. The van der Waals surface area contributed by atoms with E-state index in [1.165, 1.54) is 11.3 Å². The Bertz CT molecular complexity index is 803. The Kier molecular flexibility index (Phi) is 7.46. The van der Waals surface area contributed by atoms with Crippen LogP contribution in [0.3, 0.4) is 0 Å². The van der Waals surface area contributed by atoms with Crippen LogP contribution in [0.1, 0.15) is 45.8 Å². The number of amides is 1. The number of carbonyl (C=O) groups is 1. The topological polar surface area (TPSA) is 54.5 Å². The summed E-state index contributed by atoms with van der Waals surface area (Å²) in [4.78, 5) is 20.5. The fraction of sp³-hybridized carbons (Fsp3) is 0.524. The summed E-state index contributed by atoms with van der Waals surface area (Å²) >= 11 is 7.97. The Morgan fingerprint density at radius 1 is 1.32 bits per heavy atom. The molecule has 1 amide bonds. The number of hydrogen-bond donors (Lipinski definition) is 1. The van der Waals surface area contributed by atoms with Gasteiger partial charge in [0.15, 0.2) is 0 Å². The standard InChI is InChI=1S/C21H28ClN3O2S/c1-14(2)12-19-24-15(3)20(28-19)21(26)23-13-18(25-8-10-27-11-9-25)16-6-4-5-7-17(16)22/h4-7,14,18H,8-13H2,1-3H3,(H,23,26). The van der Waals surface area contributed by atoms with E-state index < -0.39 is 0 Å². The Labute approximate surface area is 176 Å². The van der Waals surface area contributed by atoms with Gasteiger partial charge >= 0.3 is 0 Å². The van der Waals surface area contributed by atoms with Crippen LogP contribution in [0, 0.1) is 12.8 Å². The van der Waals surface area contributed by atoms with Crippen LogP contribution in [0.5, 0.6) is 0 Å². The third kappa shape index (κ3) is 5.32. The van der Waals surface area contributed by atoms with Crippen molar-refractivity contribution in [1.82, 2.24) is 15.2 Å². The second-order valence-electron chi connectivity index (χ2n) is 7.52. The minimum atomic E-state index is -0.0599. The van der Waals surface area contributed by atoms with Crippen LogP contribution < -0.4 is 5.32 Å². The predicted octanol–water partition coefficient (Wildman–Crippen LogP) is 4.11. The van der Waals surface area contributed by atoms with Crippen molar-refractivity contribution in [2.45, 2.75) is 33.2 Å². The molecule has 7 heteroatoms. The molecule has 0 aliphatic carbocycles. The van der Waals surface area contributed by atoms with Crippen LogP contribution in [0.2, 0.25) is 5.02 Å². The van der Waals surface area contributed by atoms with Gasteiger partial charge in [-0.2, -0.15) is 0 Å². The number of nitrogens with one attached hydrogen (secondary N) is 1. The van der Waals surface area contributed by atoms with Crippen molar-refractivity contribution in [3.63, 3.8) is 0 Å². The van der Waals surface area contributed by atoms with E-state index >= 15 is 0 Å². The molecule has 2 aromatic rings. The molecule has 0 saturated carbocycles. The Balaban J connectivity index is 1.73. The molecule has 1 aromatic carbocycles. The number of aryl methyl sites for hydroxylation is 1. The van der Waals surface area contributed by atoms with Gasteiger partial charge in [0.1, 0.15) is 4.88 Å². The highest BCUT2D eigenvalue weighted by molar-refractivity contribution is 7.13. The van der Waals surface area contributed by atoms with E-state index in [2.05, 4.69) is 29.0 Å². The maximum absolute atomic E-state index is 12.9. The van der Waals surface area contributed by atoms with Crippen molar-refractivity contribution in [2.75, 3.05) is 32.8 Å². The maximum Gasteiger partial charge on any atom is 0.263 e. The summed E-state index contributed by atoms with van der Waals surface area (Å²) in [5, 5.41) is 4.87. The van der Waals surface area contributed by atoms with Gasteiger partial charge in [0, 0.05) is 31.1 Å². The number of aromatic nitrogens is 1. The van der Waals surface area contributed by atoms with Crippen LogP contribution in [0.15, 0.2) is 24.3 Å². The minimum absolute atomic E-state index is 0.0184. The Morgan fingerprint density at radius 2 is 2.04 bits per heavy atom. The van der Waals surface area contributed by atoms with Gasteiger partial charge in [0.05, 0.1) is 30.0 Å². The molecule has 1 aliphatic heterocycles. The van der Waals surface area contributed by atoms with Crippen LogP contribution >= 0.6 is 22.9 Å². The molecule has 1 atom stereocenters. The summed E-state index contributed by atoms with van der Waals surface area (Å²) in [5.74, 6) is 0.461. The van der Waals surface area contributed by atoms with Crippen LogP contribution in [-0.4, -0.2) is 48.6 Å². The van der Waals surface area contributed by atoms with Crippen LogP contribution in [0.4, 0.5) is 0 Å². The Morgan fingerprint density at radius 3 is 2.71 bits per heavy atom. The van der Waals surface area contributed by atoms with E-state index in [4.69, 9.17) is 16.3 Å². The number of halogens is 1. The lowest BCUT2D eigenvalue weighted by atomic mass is 10.0. The first kappa shape index (κ1) is 21.2. The number of hydrogen-bond acceptors (Lipinski definition) is 5. The molecular weight excluding hydrogens is 394 g/mol. The average Bonchev–Trinajstić information content (AvgIpc) is 3.03.